The van der Waals surface area contributed by atoms with E-state index in [0.29, 0.717) is 11.3 Å². The van der Waals surface area contributed by atoms with Crippen molar-refractivity contribution in [2.45, 2.75) is 19.8 Å². The molecule has 0 aromatic heterocycles. The molecule has 0 fully saturated rings. The van der Waals surface area contributed by atoms with Crippen LogP contribution in [0.3, 0.4) is 0 Å². The minimum atomic E-state index is -0.587. The van der Waals surface area contributed by atoms with Gasteiger partial charge in [-0.05, 0) is 36.8 Å². The number of rotatable bonds is 7. The van der Waals surface area contributed by atoms with Gasteiger partial charge in [-0.3, -0.25) is 14.4 Å². The number of esters is 1. The van der Waals surface area contributed by atoms with Gasteiger partial charge in [-0.15, -0.1) is 0 Å². The lowest BCUT2D eigenvalue weighted by Gasteiger charge is -2.09. The number of hydrogen-bond acceptors (Lipinski definition) is 4. The number of benzene rings is 2. The average molecular weight is 483 g/mol. The van der Waals surface area contributed by atoms with Gasteiger partial charge in [0.2, 0.25) is 5.91 Å². The fourth-order valence-corrected chi connectivity index (χ4v) is 2.72. The van der Waals surface area contributed by atoms with Crippen LogP contribution in [0.25, 0.3) is 0 Å². The van der Waals surface area contributed by atoms with Gasteiger partial charge in [0.25, 0.3) is 0 Å². The number of anilines is 1. The number of Topliss-reactive ketones (excluding diaryl/α,β-unsaturated/α-hetero) is 1. The summed E-state index contributed by atoms with van der Waals surface area (Å²) in [5.74, 6) is -1.17. The van der Waals surface area contributed by atoms with E-state index in [1.165, 1.54) is 0 Å². The van der Waals surface area contributed by atoms with Gasteiger partial charge in [0.15, 0.2) is 12.4 Å². The molecule has 1 N–H and O–H groups in total. The fraction of sp³-hybridized carbons (Fsp3) is 0.211. The first kappa shape index (κ1) is 20.3. The van der Waals surface area contributed by atoms with Gasteiger partial charge in [-0.1, -0.05) is 50.1 Å². The van der Waals surface area contributed by atoms with Crippen LogP contribution in [0.4, 0.5) is 5.69 Å². The van der Waals surface area contributed by atoms with E-state index in [0.717, 1.165) is 14.5 Å². The summed E-state index contributed by atoms with van der Waals surface area (Å²) in [5.41, 5.74) is 2.07. The van der Waals surface area contributed by atoms with Gasteiger partial charge in [0.1, 0.15) is 0 Å². The van der Waals surface area contributed by atoms with Crippen molar-refractivity contribution in [3.63, 3.8) is 0 Å². The fourth-order valence-electron chi connectivity index (χ4n) is 2.09. The Morgan fingerprint density at radius 3 is 2.31 bits per heavy atom. The normalized spacial score (nSPS) is 10.3. The Labute approximate surface area is 168 Å². The molecular weight excluding hydrogens is 466 g/mol. The van der Waals surface area contributed by atoms with Crippen molar-refractivity contribution >= 4 is 55.2 Å². The third-order valence-corrected chi connectivity index (χ3v) is 4.58. The quantitative estimate of drug-likeness (QED) is 0.460. The smallest absolute Gasteiger partial charge is 0.306 e. The third-order valence-electron chi connectivity index (χ3n) is 3.56. The summed E-state index contributed by atoms with van der Waals surface area (Å²) in [5, 5.41) is 2.75. The number of aryl methyl sites for hydroxylation is 1. The average Bonchev–Trinajstić information content (AvgIpc) is 2.61. The molecule has 0 heterocycles. The highest BCUT2D eigenvalue weighted by Crippen LogP contribution is 2.20. The lowest BCUT2D eigenvalue weighted by atomic mass is 10.1. The van der Waals surface area contributed by atoms with E-state index in [-0.39, 0.29) is 31.1 Å². The Balaban J connectivity index is 1.75. The maximum absolute atomic E-state index is 12.0. The Morgan fingerprint density at radius 2 is 1.62 bits per heavy atom. The molecule has 2 aromatic carbocycles. The summed E-state index contributed by atoms with van der Waals surface area (Å²) < 4.78 is 6.65. The van der Waals surface area contributed by atoms with E-state index < -0.39 is 5.97 Å². The molecule has 0 aliphatic heterocycles. The zero-order valence-electron chi connectivity index (χ0n) is 14.1. The van der Waals surface area contributed by atoms with E-state index in [1.54, 1.807) is 30.3 Å². The van der Waals surface area contributed by atoms with Gasteiger partial charge < -0.3 is 10.1 Å². The Hall–Kier alpha value is -1.99. The number of carbonyl (C=O) groups excluding carboxylic acids is 3. The number of nitrogens with one attached hydrogen (secondary N) is 1. The highest BCUT2D eigenvalue weighted by molar-refractivity contribution is 9.10. The maximum Gasteiger partial charge on any atom is 0.306 e. The molecule has 2 rings (SSSR count). The van der Waals surface area contributed by atoms with E-state index in [2.05, 4.69) is 37.2 Å². The highest BCUT2D eigenvalue weighted by atomic mass is 79.9. The molecule has 136 valence electrons. The lowest BCUT2D eigenvalue weighted by molar-refractivity contribution is -0.143. The van der Waals surface area contributed by atoms with Crippen molar-refractivity contribution < 1.29 is 19.1 Å². The van der Waals surface area contributed by atoms with E-state index in [4.69, 9.17) is 4.74 Å². The molecule has 0 saturated carbocycles. The second kappa shape index (κ2) is 9.64. The van der Waals surface area contributed by atoms with Crippen molar-refractivity contribution in [1.29, 1.82) is 0 Å². The van der Waals surface area contributed by atoms with Gasteiger partial charge in [0, 0.05) is 26.6 Å². The molecule has 5 nitrogen and oxygen atoms in total. The Morgan fingerprint density at radius 1 is 0.962 bits per heavy atom. The molecule has 1 amide bonds. The first-order chi connectivity index (χ1) is 12.3. The molecule has 0 saturated heterocycles. The first-order valence-corrected chi connectivity index (χ1v) is 9.44. The summed E-state index contributed by atoms with van der Waals surface area (Å²) in [4.78, 5) is 35.6. The summed E-state index contributed by atoms with van der Waals surface area (Å²) in [7, 11) is 0. The minimum Gasteiger partial charge on any atom is -0.457 e. The zero-order valence-corrected chi connectivity index (χ0v) is 17.2. The Kier molecular flexibility index (Phi) is 7.53. The van der Waals surface area contributed by atoms with Crippen LogP contribution >= 0.6 is 31.9 Å². The van der Waals surface area contributed by atoms with Gasteiger partial charge in [-0.2, -0.15) is 0 Å². The molecule has 0 aliphatic rings. The number of amides is 1. The van der Waals surface area contributed by atoms with Gasteiger partial charge in [0.05, 0.1) is 6.42 Å². The summed E-state index contributed by atoms with van der Waals surface area (Å²) in [6.07, 6.45) is -0.107. The summed E-state index contributed by atoms with van der Waals surface area (Å²) >= 11 is 6.63. The lowest BCUT2D eigenvalue weighted by Crippen LogP contribution is -2.17. The second-order valence-electron chi connectivity index (χ2n) is 5.60. The second-order valence-corrected chi connectivity index (χ2v) is 7.43. The van der Waals surface area contributed by atoms with Crippen LogP contribution < -0.4 is 5.32 Å². The summed E-state index contributed by atoms with van der Waals surface area (Å²) in [6, 6.07) is 12.3. The molecule has 0 spiro atoms. The van der Waals surface area contributed by atoms with Crippen molar-refractivity contribution in [3.05, 3.63) is 62.5 Å². The van der Waals surface area contributed by atoms with Gasteiger partial charge in [-0.25, -0.2) is 0 Å². The minimum absolute atomic E-state index is 0.0166. The maximum atomic E-state index is 12.0. The van der Waals surface area contributed by atoms with Gasteiger partial charge >= 0.3 is 5.97 Å². The topological polar surface area (TPSA) is 72.5 Å². The van der Waals surface area contributed by atoms with Crippen LogP contribution in [-0.4, -0.2) is 24.3 Å². The van der Waals surface area contributed by atoms with Crippen LogP contribution in [0.5, 0.6) is 0 Å². The van der Waals surface area contributed by atoms with Crippen LogP contribution in [0.15, 0.2) is 51.4 Å². The predicted octanol–water partition coefficient (Wildman–Crippen LogP) is 4.66. The molecule has 0 radical (unpaired) electrons. The van der Waals surface area contributed by atoms with E-state index >= 15 is 0 Å². The summed E-state index contributed by atoms with van der Waals surface area (Å²) in [6.45, 7) is 1.54. The molecule has 26 heavy (non-hydrogen) atoms. The van der Waals surface area contributed by atoms with Crippen LogP contribution in [-0.2, 0) is 14.3 Å². The largest absolute Gasteiger partial charge is 0.457 e. The molecule has 0 atom stereocenters. The number of carbonyl (C=O) groups is 3. The number of ether oxygens (including phenoxy) is 1. The van der Waals surface area contributed by atoms with E-state index in [9.17, 15) is 14.4 Å². The molecule has 0 aliphatic carbocycles. The van der Waals surface area contributed by atoms with Crippen molar-refractivity contribution in [1.82, 2.24) is 0 Å². The molecule has 2 aromatic rings. The SMILES string of the molecule is Cc1ccc(Br)cc1NC(=O)CCC(=O)OCC(=O)c1ccc(Br)cc1. The number of ketones is 1. The molecular formula is C19H17Br2NO4. The number of halogens is 2. The van der Waals surface area contributed by atoms with E-state index in [1.807, 2.05) is 19.1 Å². The highest BCUT2D eigenvalue weighted by Gasteiger charge is 2.12. The molecule has 0 unspecified atom stereocenters. The number of hydrogen-bond donors (Lipinski definition) is 1. The first-order valence-electron chi connectivity index (χ1n) is 7.85. The molecule has 7 heteroatoms. The zero-order chi connectivity index (χ0) is 19.1. The molecule has 0 bridgehead atoms. The predicted molar refractivity (Wildman–Crippen MR) is 106 cm³/mol. The van der Waals surface area contributed by atoms with Crippen LogP contribution in [0.2, 0.25) is 0 Å². The third kappa shape index (κ3) is 6.38. The van der Waals surface area contributed by atoms with Crippen molar-refractivity contribution in [2.75, 3.05) is 11.9 Å². The van der Waals surface area contributed by atoms with Crippen molar-refractivity contribution in [3.8, 4) is 0 Å². The Bertz CT molecular complexity index is 819. The van der Waals surface area contributed by atoms with Crippen LogP contribution in [0, 0.1) is 6.92 Å². The van der Waals surface area contributed by atoms with Crippen LogP contribution in [0.1, 0.15) is 28.8 Å². The van der Waals surface area contributed by atoms with Crippen molar-refractivity contribution in [2.24, 2.45) is 0 Å². The standard InChI is InChI=1S/C19H17Br2NO4/c1-12-2-5-15(21)10-16(12)22-18(24)8-9-19(25)26-11-17(23)13-3-6-14(20)7-4-13/h2-7,10H,8-9,11H2,1H3,(H,22,24). The monoisotopic (exact) mass is 481 g/mol.